The molecule has 150 valence electrons. The number of aromatic nitrogens is 3. The number of fused-ring (bicyclic) bond motifs is 2. The molecule has 0 spiro atoms. The highest BCUT2D eigenvalue weighted by Crippen LogP contribution is 2.46. The summed E-state index contributed by atoms with van der Waals surface area (Å²) >= 11 is 6.56. The number of hydrogen-bond donors (Lipinski definition) is 1. The summed E-state index contributed by atoms with van der Waals surface area (Å²) < 4.78 is 13.0. The molecule has 2 aromatic heterocycles. The molecular formula is C22H23ClN4O2. The number of hydrogen-bond acceptors (Lipinski definition) is 5. The number of anilines is 1. The summed E-state index contributed by atoms with van der Waals surface area (Å²) in [5.41, 5.74) is 4.77. The highest BCUT2D eigenvalue weighted by Gasteiger charge is 2.42. The van der Waals surface area contributed by atoms with E-state index in [1.807, 2.05) is 28.9 Å². The van der Waals surface area contributed by atoms with Gasteiger partial charge in [0.25, 0.3) is 0 Å². The van der Waals surface area contributed by atoms with E-state index in [1.165, 1.54) is 25.7 Å². The Balaban J connectivity index is 1.48. The third kappa shape index (κ3) is 2.97. The molecule has 0 atom stereocenters. The number of methoxy groups -OCH3 is 1. The standard InChI is InChI=1S/C22H23ClN4O2/c1-28-14-6-7-15(18(23)8-14)16-9-24-27-21(16)25-19-11-29-10-17(19)22(27)26-20(12-2-3-12)13-4-5-13/h6-9,12-13,20,26H,2-5,10-11H2,1H3. The van der Waals surface area contributed by atoms with Crippen LogP contribution in [-0.4, -0.2) is 27.7 Å². The minimum absolute atomic E-state index is 0.530. The van der Waals surface area contributed by atoms with Gasteiger partial charge in [-0.25, -0.2) is 4.98 Å². The fourth-order valence-corrected chi connectivity index (χ4v) is 4.73. The second-order valence-electron chi connectivity index (χ2n) is 8.36. The molecule has 3 aliphatic rings. The van der Waals surface area contributed by atoms with Crippen molar-refractivity contribution in [2.24, 2.45) is 11.8 Å². The Hall–Kier alpha value is -2.31. The molecule has 0 saturated heterocycles. The van der Waals surface area contributed by atoms with Crippen molar-refractivity contribution in [3.05, 3.63) is 40.7 Å². The van der Waals surface area contributed by atoms with Gasteiger partial charge in [0.2, 0.25) is 0 Å². The summed E-state index contributed by atoms with van der Waals surface area (Å²) in [4.78, 5) is 4.91. The van der Waals surface area contributed by atoms with Crippen LogP contribution in [0.5, 0.6) is 5.75 Å². The van der Waals surface area contributed by atoms with Gasteiger partial charge in [-0.05, 0) is 55.7 Å². The van der Waals surface area contributed by atoms with Gasteiger partial charge in [-0.2, -0.15) is 9.61 Å². The molecule has 2 saturated carbocycles. The van der Waals surface area contributed by atoms with Crippen molar-refractivity contribution in [3.8, 4) is 16.9 Å². The Morgan fingerprint density at radius 1 is 1.17 bits per heavy atom. The van der Waals surface area contributed by atoms with Crippen molar-refractivity contribution in [2.75, 3.05) is 12.4 Å². The highest BCUT2D eigenvalue weighted by atomic mass is 35.5. The first-order valence-corrected chi connectivity index (χ1v) is 10.7. The zero-order valence-electron chi connectivity index (χ0n) is 16.3. The van der Waals surface area contributed by atoms with E-state index in [4.69, 9.17) is 31.2 Å². The third-order valence-electron chi connectivity index (χ3n) is 6.35. The van der Waals surface area contributed by atoms with Gasteiger partial charge < -0.3 is 14.8 Å². The van der Waals surface area contributed by atoms with Gasteiger partial charge in [-0.15, -0.1) is 0 Å². The maximum absolute atomic E-state index is 6.56. The van der Waals surface area contributed by atoms with E-state index in [9.17, 15) is 0 Å². The minimum Gasteiger partial charge on any atom is -0.497 e. The van der Waals surface area contributed by atoms with E-state index >= 15 is 0 Å². The molecule has 0 unspecified atom stereocenters. The highest BCUT2D eigenvalue weighted by molar-refractivity contribution is 6.33. The Kier molecular flexibility index (Phi) is 4.00. The predicted molar refractivity (Wildman–Crippen MR) is 111 cm³/mol. The van der Waals surface area contributed by atoms with Crippen LogP contribution in [-0.2, 0) is 18.0 Å². The topological polar surface area (TPSA) is 60.7 Å². The summed E-state index contributed by atoms with van der Waals surface area (Å²) in [7, 11) is 1.64. The lowest BCUT2D eigenvalue weighted by Gasteiger charge is -2.21. The van der Waals surface area contributed by atoms with Gasteiger partial charge in [0.05, 0.1) is 37.2 Å². The molecule has 1 aliphatic heterocycles. The second-order valence-corrected chi connectivity index (χ2v) is 8.77. The lowest BCUT2D eigenvalue weighted by molar-refractivity contribution is 0.133. The van der Waals surface area contributed by atoms with Gasteiger partial charge in [-0.1, -0.05) is 11.6 Å². The quantitative estimate of drug-likeness (QED) is 0.638. The average Bonchev–Trinajstić information content (AvgIpc) is 3.66. The van der Waals surface area contributed by atoms with Crippen molar-refractivity contribution < 1.29 is 9.47 Å². The molecule has 3 heterocycles. The number of benzene rings is 1. The van der Waals surface area contributed by atoms with Crippen molar-refractivity contribution in [1.29, 1.82) is 0 Å². The third-order valence-corrected chi connectivity index (χ3v) is 6.66. The normalized spacial score (nSPS) is 18.4. The molecule has 0 amide bonds. The van der Waals surface area contributed by atoms with Gasteiger partial charge in [0.15, 0.2) is 5.65 Å². The first-order chi connectivity index (χ1) is 14.2. The van der Waals surface area contributed by atoms with E-state index in [1.54, 1.807) is 7.11 Å². The molecule has 1 N–H and O–H groups in total. The summed E-state index contributed by atoms with van der Waals surface area (Å²) in [6.45, 7) is 1.13. The molecule has 7 heteroatoms. The molecule has 0 bridgehead atoms. The predicted octanol–water partition coefficient (Wildman–Crippen LogP) is 4.69. The maximum atomic E-state index is 6.56. The van der Waals surface area contributed by atoms with E-state index in [2.05, 4.69) is 5.32 Å². The Morgan fingerprint density at radius 2 is 1.97 bits per heavy atom. The first kappa shape index (κ1) is 17.5. The lowest BCUT2D eigenvalue weighted by atomic mass is 10.1. The molecule has 6 rings (SSSR count). The molecule has 1 aromatic carbocycles. The SMILES string of the molecule is COc1ccc(-c2cnn3c(NC(C4CC4)C4CC4)c4c(nc23)COC4)c(Cl)c1. The monoisotopic (exact) mass is 410 g/mol. The second kappa shape index (κ2) is 6.61. The molecule has 2 fully saturated rings. The zero-order chi connectivity index (χ0) is 19.5. The van der Waals surface area contributed by atoms with Crippen LogP contribution < -0.4 is 10.1 Å². The van der Waals surface area contributed by atoms with Crippen LogP contribution in [0.3, 0.4) is 0 Å². The number of rotatable bonds is 6. The van der Waals surface area contributed by atoms with Crippen molar-refractivity contribution >= 4 is 23.1 Å². The summed E-state index contributed by atoms with van der Waals surface area (Å²) in [5.74, 6) is 3.35. The van der Waals surface area contributed by atoms with Gasteiger partial charge in [-0.3, -0.25) is 0 Å². The fraction of sp³-hybridized carbons (Fsp3) is 0.455. The van der Waals surface area contributed by atoms with Crippen LogP contribution in [0.2, 0.25) is 5.02 Å². The molecule has 3 aromatic rings. The van der Waals surface area contributed by atoms with Crippen molar-refractivity contribution in [2.45, 2.75) is 44.9 Å². The van der Waals surface area contributed by atoms with Crippen LogP contribution in [0.25, 0.3) is 16.8 Å². The first-order valence-electron chi connectivity index (χ1n) is 10.3. The van der Waals surface area contributed by atoms with E-state index in [-0.39, 0.29) is 0 Å². The van der Waals surface area contributed by atoms with Gasteiger partial charge in [0.1, 0.15) is 11.6 Å². The lowest BCUT2D eigenvalue weighted by Crippen LogP contribution is -2.26. The van der Waals surface area contributed by atoms with E-state index in [0.29, 0.717) is 24.3 Å². The van der Waals surface area contributed by atoms with Crippen LogP contribution in [0.4, 0.5) is 5.82 Å². The molecule has 0 radical (unpaired) electrons. The maximum Gasteiger partial charge on any atom is 0.165 e. The average molecular weight is 411 g/mol. The molecule has 6 nitrogen and oxygen atoms in total. The molecular weight excluding hydrogens is 388 g/mol. The largest absolute Gasteiger partial charge is 0.497 e. The zero-order valence-corrected chi connectivity index (χ0v) is 17.1. The van der Waals surface area contributed by atoms with Crippen molar-refractivity contribution in [1.82, 2.24) is 14.6 Å². The van der Waals surface area contributed by atoms with Crippen LogP contribution in [0.15, 0.2) is 24.4 Å². The summed E-state index contributed by atoms with van der Waals surface area (Å²) in [6.07, 6.45) is 7.17. The van der Waals surface area contributed by atoms with E-state index < -0.39 is 0 Å². The molecule has 29 heavy (non-hydrogen) atoms. The van der Waals surface area contributed by atoms with Crippen molar-refractivity contribution in [3.63, 3.8) is 0 Å². The number of nitrogens with zero attached hydrogens (tertiary/aromatic N) is 3. The number of halogens is 1. The minimum atomic E-state index is 0.530. The Labute approximate surface area is 174 Å². The number of nitrogens with one attached hydrogen (secondary N) is 1. The Morgan fingerprint density at radius 3 is 2.66 bits per heavy atom. The number of ether oxygens (including phenoxy) is 2. The fourth-order valence-electron chi connectivity index (χ4n) is 4.46. The summed E-state index contributed by atoms with van der Waals surface area (Å²) in [6, 6.07) is 6.24. The smallest absolute Gasteiger partial charge is 0.165 e. The van der Waals surface area contributed by atoms with Crippen LogP contribution in [0.1, 0.15) is 36.9 Å². The van der Waals surface area contributed by atoms with Gasteiger partial charge >= 0.3 is 0 Å². The van der Waals surface area contributed by atoms with Gasteiger partial charge in [0, 0.05) is 22.7 Å². The molecule has 2 aliphatic carbocycles. The van der Waals surface area contributed by atoms with Crippen LogP contribution >= 0.6 is 11.6 Å². The van der Waals surface area contributed by atoms with E-state index in [0.717, 1.165) is 51.4 Å². The summed E-state index contributed by atoms with van der Waals surface area (Å²) in [5, 5.41) is 9.21. The Bertz CT molecular complexity index is 1090. The van der Waals surface area contributed by atoms with Crippen LogP contribution in [0, 0.1) is 11.8 Å².